The van der Waals surface area contributed by atoms with Crippen molar-refractivity contribution in [1.82, 2.24) is 0 Å². The summed E-state index contributed by atoms with van der Waals surface area (Å²) in [5, 5.41) is 20.8. The van der Waals surface area contributed by atoms with Crippen LogP contribution in [0.3, 0.4) is 0 Å². The smallest absolute Gasteiger partial charge is 0.456 e. The van der Waals surface area contributed by atoms with Gasteiger partial charge in [0.05, 0.1) is 0 Å². The van der Waals surface area contributed by atoms with Crippen LogP contribution in [0.25, 0.3) is 33.1 Å². The van der Waals surface area contributed by atoms with Gasteiger partial charge in [0.25, 0.3) is 0 Å². The molecule has 0 aliphatic heterocycles. The van der Waals surface area contributed by atoms with E-state index in [-0.39, 0.29) is 0 Å². The Labute approximate surface area is 127 Å². The molecule has 1 heterocycles. The third-order valence-electron chi connectivity index (χ3n) is 3.91. The highest BCUT2D eigenvalue weighted by molar-refractivity contribution is 6.62. The summed E-state index contributed by atoms with van der Waals surface area (Å²) in [6.07, 6.45) is 0. The van der Waals surface area contributed by atoms with Gasteiger partial charge in [-0.05, 0) is 34.8 Å². The zero-order chi connectivity index (χ0) is 15.1. The molecule has 0 bridgehead atoms. The summed E-state index contributed by atoms with van der Waals surface area (Å²) >= 11 is 0. The summed E-state index contributed by atoms with van der Waals surface area (Å²) in [5.74, 6) is 0. The molecule has 0 saturated heterocycles. The molecule has 0 saturated carbocycles. The molecule has 4 aromatic rings. The average molecular weight is 288 g/mol. The Balaban J connectivity index is 2.04. The van der Waals surface area contributed by atoms with Gasteiger partial charge in [0, 0.05) is 10.8 Å². The topological polar surface area (TPSA) is 53.6 Å². The molecule has 0 unspecified atom stereocenters. The molecule has 0 spiro atoms. The Hall–Kier alpha value is -2.56. The maximum absolute atomic E-state index is 9.60. The van der Waals surface area contributed by atoms with E-state index in [2.05, 4.69) is 0 Å². The predicted molar refractivity (Wildman–Crippen MR) is 89.0 cm³/mol. The van der Waals surface area contributed by atoms with Gasteiger partial charge in [-0.3, -0.25) is 0 Å². The number of fused-ring (bicyclic) bond motifs is 3. The van der Waals surface area contributed by atoms with Crippen LogP contribution < -0.4 is 5.46 Å². The van der Waals surface area contributed by atoms with Crippen molar-refractivity contribution in [3.05, 3.63) is 66.7 Å². The van der Waals surface area contributed by atoms with Gasteiger partial charge in [-0.1, -0.05) is 48.5 Å². The third-order valence-corrected chi connectivity index (χ3v) is 3.91. The van der Waals surface area contributed by atoms with Gasteiger partial charge in [0.1, 0.15) is 11.2 Å². The summed E-state index contributed by atoms with van der Waals surface area (Å²) < 4.78 is 5.81. The van der Waals surface area contributed by atoms with E-state index in [0.717, 1.165) is 27.5 Å². The van der Waals surface area contributed by atoms with Gasteiger partial charge in [0.15, 0.2) is 0 Å². The van der Waals surface area contributed by atoms with Crippen molar-refractivity contribution in [3.8, 4) is 11.1 Å². The number of benzene rings is 3. The van der Waals surface area contributed by atoms with Crippen molar-refractivity contribution < 1.29 is 14.5 Å². The molecule has 0 fully saturated rings. The number of furan rings is 1. The van der Waals surface area contributed by atoms with Crippen LogP contribution in [0.15, 0.2) is 71.1 Å². The van der Waals surface area contributed by atoms with Gasteiger partial charge in [-0.25, -0.2) is 0 Å². The first-order valence-electron chi connectivity index (χ1n) is 7.11. The standard InChI is InChI=1S/C18H13BO3/c20-19(21)15-7-4-8-17-18(15)14-11-13(9-10-16(14)22-17)12-5-2-1-3-6-12/h1-11,20-21H. The Morgan fingerprint density at radius 1 is 0.727 bits per heavy atom. The van der Waals surface area contributed by atoms with Crippen LogP contribution >= 0.6 is 0 Å². The van der Waals surface area contributed by atoms with Gasteiger partial charge >= 0.3 is 7.12 Å². The normalized spacial score (nSPS) is 11.2. The van der Waals surface area contributed by atoms with Crippen molar-refractivity contribution in [2.75, 3.05) is 0 Å². The van der Waals surface area contributed by atoms with Crippen LogP contribution in [0.5, 0.6) is 0 Å². The summed E-state index contributed by atoms with van der Waals surface area (Å²) in [5.41, 5.74) is 4.04. The van der Waals surface area contributed by atoms with Crippen molar-refractivity contribution in [3.63, 3.8) is 0 Å². The molecule has 0 atom stereocenters. The number of rotatable bonds is 2. The Morgan fingerprint density at radius 3 is 2.32 bits per heavy atom. The lowest BCUT2D eigenvalue weighted by Crippen LogP contribution is -2.30. The number of hydrogen-bond acceptors (Lipinski definition) is 3. The first kappa shape index (κ1) is 13.1. The first-order valence-corrected chi connectivity index (χ1v) is 7.11. The fourth-order valence-electron chi connectivity index (χ4n) is 2.88. The fraction of sp³-hybridized carbons (Fsp3) is 0. The van der Waals surface area contributed by atoms with E-state index in [9.17, 15) is 10.0 Å². The zero-order valence-electron chi connectivity index (χ0n) is 11.7. The SMILES string of the molecule is OB(O)c1cccc2oc3ccc(-c4ccccc4)cc3c12. The van der Waals surface area contributed by atoms with E-state index in [1.807, 2.05) is 54.6 Å². The van der Waals surface area contributed by atoms with Gasteiger partial charge in [-0.2, -0.15) is 0 Å². The Bertz CT molecular complexity index is 958. The maximum atomic E-state index is 9.60. The highest BCUT2D eigenvalue weighted by Gasteiger charge is 2.19. The molecule has 106 valence electrons. The molecular weight excluding hydrogens is 275 g/mol. The van der Waals surface area contributed by atoms with Crippen molar-refractivity contribution >= 4 is 34.5 Å². The van der Waals surface area contributed by atoms with E-state index >= 15 is 0 Å². The van der Waals surface area contributed by atoms with Crippen molar-refractivity contribution in [2.24, 2.45) is 0 Å². The molecule has 0 aliphatic carbocycles. The lowest BCUT2D eigenvalue weighted by atomic mass is 9.77. The van der Waals surface area contributed by atoms with Crippen LogP contribution in [-0.2, 0) is 0 Å². The molecule has 4 heteroatoms. The summed E-state index contributed by atoms with van der Waals surface area (Å²) in [6.45, 7) is 0. The van der Waals surface area contributed by atoms with E-state index in [1.165, 1.54) is 0 Å². The lowest BCUT2D eigenvalue weighted by Gasteiger charge is -2.03. The molecule has 3 nitrogen and oxygen atoms in total. The third kappa shape index (κ3) is 2.01. The molecule has 0 amide bonds. The van der Waals surface area contributed by atoms with Crippen molar-refractivity contribution in [2.45, 2.75) is 0 Å². The maximum Gasteiger partial charge on any atom is 0.489 e. The molecule has 0 radical (unpaired) electrons. The number of hydrogen-bond donors (Lipinski definition) is 2. The first-order chi connectivity index (χ1) is 10.7. The van der Waals surface area contributed by atoms with Crippen molar-refractivity contribution in [1.29, 1.82) is 0 Å². The van der Waals surface area contributed by atoms with Crippen LogP contribution in [-0.4, -0.2) is 17.2 Å². The minimum absolute atomic E-state index is 0.460. The van der Waals surface area contributed by atoms with Gasteiger partial charge < -0.3 is 14.5 Å². The van der Waals surface area contributed by atoms with Crippen LogP contribution in [0.2, 0.25) is 0 Å². The van der Waals surface area contributed by atoms with E-state index in [1.54, 1.807) is 12.1 Å². The second kappa shape index (κ2) is 5.02. The summed E-state index contributed by atoms with van der Waals surface area (Å²) in [7, 11) is -1.52. The molecule has 1 aromatic heterocycles. The zero-order valence-corrected chi connectivity index (χ0v) is 11.7. The minimum atomic E-state index is -1.52. The summed E-state index contributed by atoms with van der Waals surface area (Å²) in [6, 6.07) is 21.3. The Kier molecular flexibility index (Phi) is 3.00. The van der Waals surface area contributed by atoms with Crippen LogP contribution in [0.1, 0.15) is 0 Å². The second-order valence-electron chi connectivity index (χ2n) is 5.27. The van der Waals surface area contributed by atoms with E-state index < -0.39 is 7.12 Å². The van der Waals surface area contributed by atoms with Crippen LogP contribution in [0, 0.1) is 0 Å². The summed E-state index contributed by atoms with van der Waals surface area (Å²) in [4.78, 5) is 0. The molecular formula is C18H13BO3. The lowest BCUT2D eigenvalue weighted by molar-refractivity contribution is 0.426. The molecule has 4 rings (SSSR count). The largest absolute Gasteiger partial charge is 0.489 e. The molecule has 22 heavy (non-hydrogen) atoms. The molecule has 3 aromatic carbocycles. The Morgan fingerprint density at radius 2 is 1.55 bits per heavy atom. The second-order valence-corrected chi connectivity index (χ2v) is 5.27. The van der Waals surface area contributed by atoms with E-state index in [4.69, 9.17) is 4.42 Å². The van der Waals surface area contributed by atoms with Crippen LogP contribution in [0.4, 0.5) is 0 Å². The average Bonchev–Trinajstić information content (AvgIpc) is 2.93. The van der Waals surface area contributed by atoms with Gasteiger partial charge in [0.2, 0.25) is 0 Å². The van der Waals surface area contributed by atoms with Gasteiger partial charge in [-0.15, -0.1) is 0 Å². The van der Waals surface area contributed by atoms with E-state index in [0.29, 0.717) is 11.0 Å². The highest BCUT2D eigenvalue weighted by atomic mass is 16.4. The minimum Gasteiger partial charge on any atom is -0.456 e. The monoisotopic (exact) mass is 288 g/mol. The molecule has 0 aliphatic rings. The highest BCUT2D eigenvalue weighted by Crippen LogP contribution is 2.31. The predicted octanol–water partition coefficient (Wildman–Crippen LogP) is 2.93. The molecule has 2 N–H and O–H groups in total. The quantitative estimate of drug-likeness (QED) is 0.558. The fourth-order valence-corrected chi connectivity index (χ4v) is 2.88.